The highest BCUT2D eigenvalue weighted by Gasteiger charge is 2.20. The topological polar surface area (TPSA) is 64.1 Å². The Balaban J connectivity index is 2.88. The molecule has 2 unspecified atom stereocenters. The van der Waals surface area contributed by atoms with Crippen molar-refractivity contribution >= 4 is 11.6 Å². The summed E-state index contributed by atoms with van der Waals surface area (Å²) in [6, 6.07) is 0. The van der Waals surface area contributed by atoms with Crippen LogP contribution in [0.4, 0.5) is 0 Å². The number of hydrogen-bond acceptors (Lipinski definition) is 3. The normalized spacial score (nSPS) is 15.8. The van der Waals surface area contributed by atoms with Crippen LogP contribution in [0.1, 0.15) is 18.6 Å². The van der Waals surface area contributed by atoms with Gasteiger partial charge in [-0.2, -0.15) is 5.10 Å². The quantitative estimate of drug-likeness (QED) is 0.760. The second-order valence-corrected chi connectivity index (χ2v) is 3.53. The number of aryl methyl sites for hydroxylation is 1. The molecule has 1 rings (SSSR count). The van der Waals surface area contributed by atoms with Gasteiger partial charge in [0, 0.05) is 12.6 Å². The van der Waals surface area contributed by atoms with Gasteiger partial charge in [-0.05, 0) is 12.5 Å². The fourth-order valence-corrected chi connectivity index (χ4v) is 1.28. The first-order valence-electron chi connectivity index (χ1n) is 4.13. The number of nitrogens with two attached hydrogens (primary N) is 1. The van der Waals surface area contributed by atoms with Crippen LogP contribution < -0.4 is 5.73 Å². The first kappa shape index (κ1) is 10.5. The van der Waals surface area contributed by atoms with Gasteiger partial charge in [-0.15, -0.1) is 0 Å². The molecule has 3 N–H and O–H groups in total. The number of aliphatic hydroxyl groups is 1. The van der Waals surface area contributed by atoms with Crippen LogP contribution in [-0.2, 0) is 7.05 Å². The fraction of sp³-hybridized carbons (Fsp3) is 0.625. The molecule has 1 heterocycles. The third-order valence-electron chi connectivity index (χ3n) is 2.12. The second-order valence-electron chi connectivity index (χ2n) is 3.17. The predicted octanol–water partition coefficient (Wildman–Crippen LogP) is 0.702. The van der Waals surface area contributed by atoms with Crippen molar-refractivity contribution < 1.29 is 5.11 Å². The standard InChI is InChI=1S/C8H14ClN3O/c1-5(3-10)7(13)6-4-11-12(2)8(6)9/h4-5,7,13H,3,10H2,1-2H3. The van der Waals surface area contributed by atoms with Crippen molar-refractivity contribution in [3.05, 3.63) is 16.9 Å². The molecule has 0 radical (unpaired) electrons. The molecule has 0 spiro atoms. The summed E-state index contributed by atoms with van der Waals surface area (Å²) in [5.74, 6) is -0.0123. The monoisotopic (exact) mass is 203 g/mol. The van der Waals surface area contributed by atoms with E-state index in [1.54, 1.807) is 13.2 Å². The van der Waals surface area contributed by atoms with Crippen molar-refractivity contribution in [3.63, 3.8) is 0 Å². The lowest BCUT2D eigenvalue weighted by Gasteiger charge is -2.15. The Morgan fingerprint density at radius 2 is 2.38 bits per heavy atom. The van der Waals surface area contributed by atoms with E-state index < -0.39 is 6.10 Å². The lowest BCUT2D eigenvalue weighted by Crippen LogP contribution is -2.18. The van der Waals surface area contributed by atoms with Gasteiger partial charge in [0.25, 0.3) is 0 Å². The molecule has 0 amide bonds. The molecule has 0 aliphatic heterocycles. The summed E-state index contributed by atoms with van der Waals surface area (Å²) in [6.45, 7) is 2.29. The van der Waals surface area contributed by atoms with E-state index in [-0.39, 0.29) is 5.92 Å². The van der Waals surface area contributed by atoms with E-state index in [9.17, 15) is 5.11 Å². The third-order valence-corrected chi connectivity index (χ3v) is 2.58. The van der Waals surface area contributed by atoms with E-state index in [0.29, 0.717) is 17.3 Å². The first-order chi connectivity index (χ1) is 6.07. The molecule has 0 fully saturated rings. The Labute approximate surface area is 82.3 Å². The van der Waals surface area contributed by atoms with Gasteiger partial charge >= 0.3 is 0 Å². The maximum Gasteiger partial charge on any atom is 0.132 e. The van der Waals surface area contributed by atoms with Gasteiger partial charge < -0.3 is 10.8 Å². The Hall–Kier alpha value is -0.580. The van der Waals surface area contributed by atoms with Crippen LogP contribution in [0.15, 0.2) is 6.20 Å². The van der Waals surface area contributed by atoms with Crippen LogP contribution in [0.5, 0.6) is 0 Å². The maximum absolute atomic E-state index is 9.77. The van der Waals surface area contributed by atoms with Crippen molar-refractivity contribution in [2.24, 2.45) is 18.7 Å². The summed E-state index contributed by atoms with van der Waals surface area (Å²) in [5, 5.41) is 14.2. The van der Waals surface area contributed by atoms with Crippen molar-refractivity contribution in [2.75, 3.05) is 6.54 Å². The molecule has 74 valence electrons. The zero-order valence-electron chi connectivity index (χ0n) is 7.74. The van der Waals surface area contributed by atoms with Crippen molar-refractivity contribution in [1.29, 1.82) is 0 Å². The molecule has 2 atom stereocenters. The molecule has 0 aliphatic carbocycles. The molecule has 0 aromatic carbocycles. The summed E-state index contributed by atoms with van der Waals surface area (Å²) >= 11 is 5.90. The summed E-state index contributed by atoms with van der Waals surface area (Å²) < 4.78 is 1.52. The minimum absolute atomic E-state index is 0.0123. The lowest BCUT2D eigenvalue weighted by atomic mass is 10.0. The average molecular weight is 204 g/mol. The fourth-order valence-electron chi connectivity index (χ4n) is 1.07. The molecule has 0 saturated carbocycles. The number of nitrogens with zero attached hydrogens (tertiary/aromatic N) is 2. The SMILES string of the molecule is CC(CN)C(O)c1cnn(C)c1Cl. The molecule has 5 heteroatoms. The molecule has 4 nitrogen and oxygen atoms in total. The highest BCUT2D eigenvalue weighted by atomic mass is 35.5. The van der Waals surface area contributed by atoms with Crippen LogP contribution in [0.25, 0.3) is 0 Å². The minimum atomic E-state index is -0.633. The Morgan fingerprint density at radius 3 is 2.77 bits per heavy atom. The van der Waals surface area contributed by atoms with Crippen molar-refractivity contribution in [2.45, 2.75) is 13.0 Å². The molecular weight excluding hydrogens is 190 g/mol. The Bertz CT molecular complexity index is 287. The third kappa shape index (κ3) is 2.02. The van der Waals surface area contributed by atoms with Crippen LogP contribution in [-0.4, -0.2) is 21.4 Å². The Morgan fingerprint density at radius 1 is 1.77 bits per heavy atom. The maximum atomic E-state index is 9.77. The van der Waals surface area contributed by atoms with Crippen molar-refractivity contribution in [3.8, 4) is 0 Å². The van der Waals surface area contributed by atoms with Crippen LogP contribution in [0, 0.1) is 5.92 Å². The van der Waals surface area contributed by atoms with E-state index in [1.165, 1.54) is 4.68 Å². The highest BCUT2D eigenvalue weighted by Crippen LogP contribution is 2.26. The molecule has 0 aliphatic rings. The van der Waals surface area contributed by atoms with Gasteiger partial charge in [0.2, 0.25) is 0 Å². The molecule has 0 bridgehead atoms. The van der Waals surface area contributed by atoms with E-state index in [1.807, 2.05) is 6.92 Å². The number of aromatic nitrogens is 2. The van der Waals surface area contributed by atoms with Crippen LogP contribution >= 0.6 is 11.6 Å². The number of halogens is 1. The molecular formula is C8H14ClN3O. The van der Waals surface area contributed by atoms with Gasteiger partial charge in [0.05, 0.1) is 12.3 Å². The summed E-state index contributed by atoms with van der Waals surface area (Å²) in [7, 11) is 1.73. The van der Waals surface area contributed by atoms with Gasteiger partial charge in [-0.25, -0.2) is 0 Å². The average Bonchev–Trinajstić information content (AvgIpc) is 2.45. The van der Waals surface area contributed by atoms with E-state index in [4.69, 9.17) is 17.3 Å². The van der Waals surface area contributed by atoms with Crippen LogP contribution in [0.2, 0.25) is 5.15 Å². The molecule has 1 aromatic heterocycles. The summed E-state index contributed by atoms with van der Waals surface area (Å²) in [4.78, 5) is 0. The van der Waals surface area contributed by atoms with Gasteiger partial charge in [-0.3, -0.25) is 4.68 Å². The van der Waals surface area contributed by atoms with E-state index >= 15 is 0 Å². The molecule has 1 aromatic rings. The second kappa shape index (κ2) is 4.09. The van der Waals surface area contributed by atoms with E-state index in [0.717, 1.165) is 0 Å². The van der Waals surface area contributed by atoms with E-state index in [2.05, 4.69) is 5.10 Å². The zero-order valence-corrected chi connectivity index (χ0v) is 8.49. The smallest absolute Gasteiger partial charge is 0.132 e. The molecule has 0 saturated heterocycles. The number of aliphatic hydroxyl groups excluding tert-OH is 1. The highest BCUT2D eigenvalue weighted by molar-refractivity contribution is 6.30. The van der Waals surface area contributed by atoms with Crippen LogP contribution in [0.3, 0.4) is 0 Å². The number of hydrogen-bond donors (Lipinski definition) is 2. The van der Waals surface area contributed by atoms with Gasteiger partial charge in [0.1, 0.15) is 5.15 Å². The minimum Gasteiger partial charge on any atom is -0.388 e. The number of rotatable bonds is 3. The first-order valence-corrected chi connectivity index (χ1v) is 4.51. The van der Waals surface area contributed by atoms with Gasteiger partial charge in [-0.1, -0.05) is 18.5 Å². The largest absolute Gasteiger partial charge is 0.388 e. The van der Waals surface area contributed by atoms with Gasteiger partial charge in [0.15, 0.2) is 0 Å². The molecule has 13 heavy (non-hydrogen) atoms. The summed E-state index contributed by atoms with van der Waals surface area (Å²) in [6.07, 6.45) is 0.935. The Kier molecular flexibility index (Phi) is 3.30. The lowest BCUT2D eigenvalue weighted by molar-refractivity contribution is 0.122. The van der Waals surface area contributed by atoms with Crippen molar-refractivity contribution in [1.82, 2.24) is 9.78 Å². The summed E-state index contributed by atoms with van der Waals surface area (Å²) in [5.41, 5.74) is 6.08. The zero-order chi connectivity index (χ0) is 10.0. The predicted molar refractivity (Wildman–Crippen MR) is 51.4 cm³/mol.